The molecule has 0 aromatic heterocycles. The van der Waals surface area contributed by atoms with Gasteiger partial charge in [0, 0.05) is 0 Å². The van der Waals surface area contributed by atoms with Gasteiger partial charge in [-0.25, -0.2) is 9.59 Å². The molecule has 1 saturated heterocycles. The van der Waals surface area contributed by atoms with E-state index in [0.717, 1.165) is 19.4 Å². The van der Waals surface area contributed by atoms with Crippen molar-refractivity contribution in [1.82, 2.24) is 10.6 Å². The van der Waals surface area contributed by atoms with Gasteiger partial charge in [-0.1, -0.05) is 13.8 Å². The molecule has 2 atom stereocenters. The molecule has 0 saturated carbocycles. The van der Waals surface area contributed by atoms with Gasteiger partial charge >= 0.3 is 18.1 Å². The quantitative estimate of drug-likeness (QED) is 0.600. The fraction of sp³-hybridized carbons (Fsp3) is 0.750. The maximum absolute atomic E-state index is 11.6. The zero-order chi connectivity index (χ0) is 17.5. The van der Waals surface area contributed by atoms with Crippen LogP contribution in [0.3, 0.4) is 0 Å². The molecule has 0 unspecified atom stereocenters. The van der Waals surface area contributed by atoms with Crippen molar-refractivity contribution in [2.45, 2.75) is 44.9 Å². The van der Waals surface area contributed by atoms with Gasteiger partial charge < -0.3 is 20.8 Å². The Morgan fingerprint density at radius 2 is 1.73 bits per heavy atom. The van der Waals surface area contributed by atoms with E-state index in [9.17, 15) is 22.8 Å². The predicted molar refractivity (Wildman–Crippen MR) is 69.1 cm³/mol. The Morgan fingerprint density at radius 3 is 2.00 bits per heavy atom. The Hall–Kier alpha value is -1.84. The first-order valence-electron chi connectivity index (χ1n) is 6.53. The predicted octanol–water partition coefficient (Wildman–Crippen LogP) is 0.597. The number of carboxylic acids is 2. The molecule has 0 radical (unpaired) electrons. The average Bonchev–Trinajstić information content (AvgIpc) is 2.88. The van der Waals surface area contributed by atoms with Crippen molar-refractivity contribution in [2.75, 3.05) is 6.54 Å². The van der Waals surface area contributed by atoms with Gasteiger partial charge in [-0.3, -0.25) is 4.79 Å². The first-order valence-corrected chi connectivity index (χ1v) is 6.53. The summed E-state index contributed by atoms with van der Waals surface area (Å²) in [4.78, 5) is 31.4. The van der Waals surface area contributed by atoms with E-state index in [-0.39, 0.29) is 17.9 Å². The van der Waals surface area contributed by atoms with E-state index < -0.39 is 24.2 Å². The number of carbonyl (C=O) groups excluding carboxylic acids is 1. The largest absolute Gasteiger partial charge is 0.490 e. The van der Waals surface area contributed by atoms with Gasteiger partial charge in [-0.15, -0.1) is 0 Å². The van der Waals surface area contributed by atoms with Crippen LogP contribution in [0.5, 0.6) is 0 Å². The highest BCUT2D eigenvalue weighted by molar-refractivity contribution is 5.87. The highest BCUT2D eigenvalue weighted by Crippen LogP contribution is 2.13. The van der Waals surface area contributed by atoms with Crippen molar-refractivity contribution in [2.24, 2.45) is 5.92 Å². The van der Waals surface area contributed by atoms with Gasteiger partial charge in [-0.05, 0) is 25.3 Å². The normalized spacial score (nSPS) is 19.1. The molecule has 1 aliphatic rings. The smallest absolute Gasteiger partial charge is 0.480 e. The number of carboxylic acid groups (broad SMARTS) is 2. The summed E-state index contributed by atoms with van der Waals surface area (Å²) in [6.07, 6.45) is -3.33. The fourth-order valence-corrected chi connectivity index (χ4v) is 1.68. The number of rotatable bonds is 4. The second-order valence-electron chi connectivity index (χ2n) is 5.02. The fourth-order valence-electron chi connectivity index (χ4n) is 1.68. The van der Waals surface area contributed by atoms with Crippen molar-refractivity contribution in [3.8, 4) is 0 Å². The molecule has 0 bridgehead atoms. The number of amides is 1. The van der Waals surface area contributed by atoms with E-state index in [1.807, 2.05) is 0 Å². The maximum atomic E-state index is 11.6. The van der Waals surface area contributed by atoms with Crippen molar-refractivity contribution in [3.05, 3.63) is 0 Å². The number of hydrogen-bond donors (Lipinski definition) is 4. The number of alkyl halides is 3. The summed E-state index contributed by atoms with van der Waals surface area (Å²) in [6.45, 7) is 4.39. The molecule has 0 aromatic carbocycles. The third-order valence-electron chi connectivity index (χ3n) is 2.85. The number of carbonyl (C=O) groups is 3. The Balaban J connectivity index is 0.000000534. The number of hydrogen-bond acceptors (Lipinski definition) is 4. The summed E-state index contributed by atoms with van der Waals surface area (Å²) in [5.74, 6) is -4.04. The van der Waals surface area contributed by atoms with Gasteiger partial charge in [0.15, 0.2) is 0 Å². The second kappa shape index (κ2) is 8.57. The zero-order valence-electron chi connectivity index (χ0n) is 12.1. The highest BCUT2D eigenvalue weighted by atomic mass is 19.4. The zero-order valence-corrected chi connectivity index (χ0v) is 12.1. The minimum absolute atomic E-state index is 0.104. The average molecular weight is 328 g/mol. The lowest BCUT2D eigenvalue weighted by atomic mass is 10.0. The van der Waals surface area contributed by atoms with Gasteiger partial charge in [0.25, 0.3) is 0 Å². The summed E-state index contributed by atoms with van der Waals surface area (Å²) < 4.78 is 31.7. The number of aliphatic carboxylic acids is 2. The number of nitrogens with one attached hydrogen (secondary N) is 2. The minimum Gasteiger partial charge on any atom is -0.480 e. The molecule has 0 aliphatic carbocycles. The molecule has 4 N–H and O–H groups in total. The van der Waals surface area contributed by atoms with Crippen LogP contribution in [-0.4, -0.2) is 52.9 Å². The van der Waals surface area contributed by atoms with E-state index in [4.69, 9.17) is 15.0 Å². The monoisotopic (exact) mass is 328 g/mol. The van der Waals surface area contributed by atoms with Gasteiger partial charge in [0.2, 0.25) is 5.91 Å². The van der Waals surface area contributed by atoms with Crippen LogP contribution in [-0.2, 0) is 14.4 Å². The van der Waals surface area contributed by atoms with Crippen LogP contribution >= 0.6 is 0 Å². The van der Waals surface area contributed by atoms with E-state index in [0.29, 0.717) is 0 Å². The molecule has 1 aliphatic heterocycles. The van der Waals surface area contributed by atoms with Crippen molar-refractivity contribution >= 4 is 17.8 Å². The third kappa shape index (κ3) is 7.25. The molecule has 1 fully saturated rings. The van der Waals surface area contributed by atoms with Gasteiger partial charge in [0.1, 0.15) is 6.04 Å². The molecule has 128 valence electrons. The molecule has 7 nitrogen and oxygen atoms in total. The lowest BCUT2D eigenvalue weighted by molar-refractivity contribution is -0.192. The van der Waals surface area contributed by atoms with Crippen LogP contribution in [0.4, 0.5) is 13.2 Å². The van der Waals surface area contributed by atoms with Crippen molar-refractivity contribution < 1.29 is 37.8 Å². The topological polar surface area (TPSA) is 116 Å². The Kier molecular flexibility index (Phi) is 7.85. The Bertz CT molecular complexity index is 406. The van der Waals surface area contributed by atoms with Crippen LogP contribution in [0.2, 0.25) is 0 Å². The molecule has 1 rings (SSSR count). The maximum Gasteiger partial charge on any atom is 0.490 e. The first-order chi connectivity index (χ1) is 9.96. The first kappa shape index (κ1) is 20.2. The van der Waals surface area contributed by atoms with Crippen LogP contribution in [0.25, 0.3) is 0 Å². The van der Waals surface area contributed by atoms with E-state index >= 15 is 0 Å². The Labute approximate surface area is 124 Å². The third-order valence-corrected chi connectivity index (χ3v) is 2.85. The summed E-state index contributed by atoms with van der Waals surface area (Å²) in [6, 6.07) is -1.01. The molecular formula is C12H19F3N2O5. The summed E-state index contributed by atoms with van der Waals surface area (Å²) in [5.41, 5.74) is 0. The molecule has 1 amide bonds. The summed E-state index contributed by atoms with van der Waals surface area (Å²) in [7, 11) is 0. The Morgan fingerprint density at radius 1 is 1.23 bits per heavy atom. The van der Waals surface area contributed by atoms with Gasteiger partial charge in [0.05, 0.1) is 6.04 Å². The van der Waals surface area contributed by atoms with Gasteiger partial charge in [-0.2, -0.15) is 13.2 Å². The van der Waals surface area contributed by atoms with Crippen molar-refractivity contribution in [1.29, 1.82) is 0 Å². The lowest BCUT2D eigenvalue weighted by Crippen LogP contribution is -2.50. The van der Waals surface area contributed by atoms with Crippen LogP contribution in [0, 0.1) is 5.92 Å². The van der Waals surface area contributed by atoms with E-state index in [1.165, 1.54) is 0 Å². The molecule has 0 spiro atoms. The minimum atomic E-state index is -5.08. The summed E-state index contributed by atoms with van der Waals surface area (Å²) >= 11 is 0. The van der Waals surface area contributed by atoms with E-state index in [2.05, 4.69) is 10.6 Å². The van der Waals surface area contributed by atoms with Crippen LogP contribution < -0.4 is 10.6 Å². The molecule has 10 heteroatoms. The van der Waals surface area contributed by atoms with Crippen LogP contribution in [0.1, 0.15) is 26.7 Å². The van der Waals surface area contributed by atoms with Crippen molar-refractivity contribution in [3.63, 3.8) is 0 Å². The standard InChI is InChI=1S/C10H18N2O3.C2HF3O2/c1-6(2)8(10(14)15)12-9(13)7-4-3-5-11-7;3-2(4,5)1(6)7/h6-8,11H,3-5H2,1-2H3,(H,12,13)(H,14,15);(H,6,7)/t7-,8-;/m0./s1. The number of halogens is 3. The SMILES string of the molecule is CC(C)[C@H](NC(=O)[C@@H]1CCCN1)C(=O)O.O=C(O)C(F)(F)F. The van der Waals surface area contributed by atoms with E-state index in [1.54, 1.807) is 13.8 Å². The molecule has 0 aromatic rings. The molecular weight excluding hydrogens is 309 g/mol. The summed E-state index contributed by atoms with van der Waals surface area (Å²) in [5, 5.41) is 21.6. The van der Waals surface area contributed by atoms with Crippen LogP contribution in [0.15, 0.2) is 0 Å². The molecule has 22 heavy (non-hydrogen) atoms. The second-order valence-corrected chi connectivity index (χ2v) is 5.02. The highest BCUT2D eigenvalue weighted by Gasteiger charge is 2.38. The molecule has 1 heterocycles. The lowest BCUT2D eigenvalue weighted by Gasteiger charge is -2.20.